The first-order valence-corrected chi connectivity index (χ1v) is 7.67. The third kappa shape index (κ3) is 10.9. The van der Waals surface area contributed by atoms with E-state index in [0.29, 0.717) is 19.7 Å². The van der Waals surface area contributed by atoms with Gasteiger partial charge in [0, 0.05) is 13.1 Å². The van der Waals surface area contributed by atoms with Crippen molar-refractivity contribution in [2.24, 2.45) is 0 Å². The van der Waals surface area contributed by atoms with Crippen LogP contribution < -0.4 is 5.32 Å². The zero-order valence-electron chi connectivity index (χ0n) is 14.7. The van der Waals surface area contributed by atoms with Crippen molar-refractivity contribution in [3.8, 4) is 0 Å². The Kier molecular flexibility index (Phi) is 12.7. The molecule has 0 saturated carbocycles. The Labute approximate surface area is 141 Å². The van der Waals surface area contributed by atoms with Crippen LogP contribution in [0.15, 0.2) is 0 Å². The lowest BCUT2D eigenvalue weighted by Crippen LogP contribution is -2.28. The third-order valence-corrected chi connectivity index (χ3v) is 2.93. The van der Waals surface area contributed by atoms with Gasteiger partial charge in [-0.3, -0.25) is 4.79 Å². The van der Waals surface area contributed by atoms with E-state index in [4.69, 9.17) is 14.2 Å². The lowest BCUT2D eigenvalue weighted by atomic mass is 10.4. The monoisotopic (exact) mass is 349 g/mol. The van der Waals surface area contributed by atoms with Crippen LogP contribution in [0.4, 0.5) is 0 Å². The van der Waals surface area contributed by atoms with Gasteiger partial charge in [0.25, 0.3) is 0 Å². The lowest BCUT2D eigenvalue weighted by Gasteiger charge is -2.12. The maximum atomic E-state index is 11.4. The number of esters is 3. The molecule has 0 heterocycles. The van der Waals surface area contributed by atoms with E-state index in [0.717, 1.165) is 0 Å². The van der Waals surface area contributed by atoms with Gasteiger partial charge in [-0.05, 0) is 13.8 Å². The molecule has 0 aromatic heterocycles. The Balaban J connectivity index is 3.50. The van der Waals surface area contributed by atoms with Crippen LogP contribution in [0.1, 0.15) is 20.3 Å². The summed E-state index contributed by atoms with van der Waals surface area (Å²) in [5.41, 5.74) is 0. The van der Waals surface area contributed by atoms with Gasteiger partial charge < -0.3 is 29.0 Å². The molecule has 0 aromatic rings. The molecule has 0 bridgehead atoms. The molecule has 0 fully saturated rings. The molecule has 0 spiro atoms. The summed E-state index contributed by atoms with van der Waals surface area (Å²) in [4.78, 5) is 33.6. The maximum Gasteiger partial charge on any atom is 0.334 e. The first-order valence-electron chi connectivity index (χ1n) is 7.67. The Bertz CT molecular complexity index is 388. The van der Waals surface area contributed by atoms with Crippen molar-refractivity contribution in [2.75, 3.05) is 47.1 Å². The minimum Gasteiger partial charge on any atom is -0.467 e. The fourth-order valence-electron chi connectivity index (χ4n) is 1.54. The first-order chi connectivity index (χ1) is 11.4. The molecule has 0 aromatic carbocycles. The van der Waals surface area contributed by atoms with Gasteiger partial charge in [-0.2, -0.15) is 0 Å². The first kappa shape index (κ1) is 22.3. The Morgan fingerprint density at radius 3 is 1.92 bits per heavy atom. The van der Waals surface area contributed by atoms with E-state index < -0.39 is 24.1 Å². The van der Waals surface area contributed by atoms with Gasteiger partial charge in [-0.15, -0.1) is 0 Å². The highest BCUT2D eigenvalue weighted by Crippen LogP contribution is 1.95. The number of carbonyl (C=O) groups is 3. The normalized spacial score (nSPS) is 13.0. The van der Waals surface area contributed by atoms with Gasteiger partial charge in [-0.25, -0.2) is 9.59 Å². The van der Waals surface area contributed by atoms with Gasteiger partial charge in [-0.1, -0.05) is 0 Å². The maximum absolute atomic E-state index is 11.4. The van der Waals surface area contributed by atoms with Crippen LogP contribution in [0.5, 0.6) is 0 Å². The smallest absolute Gasteiger partial charge is 0.334 e. The van der Waals surface area contributed by atoms with Crippen molar-refractivity contribution in [1.29, 1.82) is 0 Å². The summed E-state index contributed by atoms with van der Waals surface area (Å²) in [6, 6.07) is 0. The van der Waals surface area contributed by atoms with Crippen LogP contribution >= 0.6 is 0 Å². The molecular weight excluding hydrogens is 322 g/mol. The second kappa shape index (κ2) is 13.7. The van der Waals surface area contributed by atoms with Crippen molar-refractivity contribution >= 4 is 17.9 Å². The molecule has 1 unspecified atom stereocenters. The second-order valence-electron chi connectivity index (χ2n) is 4.79. The SMILES string of the molecule is COC(=O)C(C)OCCNCCC(=O)OCCO[C@@H](C)C(=O)OC. The minimum atomic E-state index is -0.692. The highest BCUT2D eigenvalue weighted by molar-refractivity contribution is 5.74. The molecule has 0 rings (SSSR count). The van der Waals surface area contributed by atoms with Gasteiger partial charge in [0.05, 0.1) is 33.9 Å². The molecule has 0 radical (unpaired) electrons. The fourth-order valence-corrected chi connectivity index (χ4v) is 1.54. The number of ether oxygens (including phenoxy) is 5. The Hall–Kier alpha value is -1.71. The van der Waals surface area contributed by atoms with Gasteiger partial charge in [0.15, 0.2) is 12.2 Å². The summed E-state index contributed by atoms with van der Waals surface area (Å²) in [6.45, 7) is 4.59. The quantitative estimate of drug-likeness (QED) is 0.271. The molecule has 24 heavy (non-hydrogen) atoms. The van der Waals surface area contributed by atoms with Crippen molar-refractivity contribution in [3.63, 3.8) is 0 Å². The standard InChI is InChI=1S/C15H27NO8/c1-11(14(18)20-3)22-8-7-16-6-5-13(17)24-10-9-23-12(2)15(19)21-4/h11-12,16H,5-10H2,1-4H3/t11?,12-/m0/s1. The van der Waals surface area contributed by atoms with Crippen LogP contribution in [-0.4, -0.2) is 77.2 Å². The molecule has 2 atom stereocenters. The van der Waals surface area contributed by atoms with Crippen LogP contribution in [0.25, 0.3) is 0 Å². The summed E-state index contributed by atoms with van der Waals surface area (Å²) in [5, 5.41) is 2.99. The number of hydrogen-bond acceptors (Lipinski definition) is 9. The predicted molar refractivity (Wildman–Crippen MR) is 83.3 cm³/mol. The average molecular weight is 349 g/mol. The van der Waals surface area contributed by atoms with E-state index in [1.807, 2.05) is 0 Å². The molecule has 0 amide bonds. The number of carbonyl (C=O) groups excluding carboxylic acids is 3. The molecule has 1 N–H and O–H groups in total. The summed E-state index contributed by atoms with van der Waals surface area (Å²) in [5.74, 6) is -1.28. The lowest BCUT2D eigenvalue weighted by molar-refractivity contribution is -0.155. The zero-order chi connectivity index (χ0) is 18.4. The number of rotatable bonds is 13. The highest BCUT2D eigenvalue weighted by atomic mass is 16.6. The number of nitrogens with one attached hydrogen (secondary N) is 1. The highest BCUT2D eigenvalue weighted by Gasteiger charge is 2.13. The fraction of sp³-hybridized carbons (Fsp3) is 0.800. The summed E-state index contributed by atoms with van der Waals surface area (Å²) in [7, 11) is 2.57. The molecule has 9 heteroatoms. The molecule has 0 saturated heterocycles. The van der Waals surface area contributed by atoms with Crippen molar-refractivity contribution in [2.45, 2.75) is 32.5 Å². The molecule has 0 aliphatic rings. The summed E-state index contributed by atoms with van der Waals surface area (Å²) in [6.07, 6.45) is -1.11. The van der Waals surface area contributed by atoms with Crippen molar-refractivity contribution in [1.82, 2.24) is 5.32 Å². The number of hydrogen-bond donors (Lipinski definition) is 1. The van der Waals surface area contributed by atoms with Crippen molar-refractivity contribution < 1.29 is 38.1 Å². The molecule has 9 nitrogen and oxygen atoms in total. The third-order valence-electron chi connectivity index (χ3n) is 2.93. The van der Waals surface area contributed by atoms with E-state index in [9.17, 15) is 14.4 Å². The van der Waals surface area contributed by atoms with E-state index >= 15 is 0 Å². The Morgan fingerprint density at radius 1 is 0.833 bits per heavy atom. The molecular formula is C15H27NO8. The van der Waals surface area contributed by atoms with Crippen LogP contribution in [0.2, 0.25) is 0 Å². The van der Waals surface area contributed by atoms with Crippen LogP contribution in [0, 0.1) is 0 Å². The molecule has 140 valence electrons. The van der Waals surface area contributed by atoms with Crippen LogP contribution in [-0.2, 0) is 38.1 Å². The van der Waals surface area contributed by atoms with E-state index in [-0.39, 0.29) is 25.6 Å². The van der Waals surface area contributed by atoms with E-state index in [1.165, 1.54) is 14.2 Å². The topological polar surface area (TPSA) is 109 Å². The summed E-state index contributed by atoms with van der Waals surface area (Å²) < 4.78 is 24.3. The van der Waals surface area contributed by atoms with Gasteiger partial charge in [0.1, 0.15) is 6.61 Å². The van der Waals surface area contributed by atoms with E-state index in [1.54, 1.807) is 13.8 Å². The Morgan fingerprint density at radius 2 is 1.38 bits per heavy atom. The zero-order valence-corrected chi connectivity index (χ0v) is 14.7. The molecule has 0 aliphatic carbocycles. The average Bonchev–Trinajstić information content (AvgIpc) is 2.59. The number of methoxy groups -OCH3 is 2. The predicted octanol–water partition coefficient (Wildman–Crippen LogP) is -0.334. The van der Waals surface area contributed by atoms with Gasteiger partial charge in [0.2, 0.25) is 0 Å². The summed E-state index contributed by atoms with van der Waals surface area (Å²) >= 11 is 0. The second-order valence-corrected chi connectivity index (χ2v) is 4.79. The van der Waals surface area contributed by atoms with Gasteiger partial charge >= 0.3 is 17.9 Å². The minimum absolute atomic E-state index is 0.0694. The molecule has 0 aliphatic heterocycles. The van der Waals surface area contributed by atoms with Crippen LogP contribution in [0.3, 0.4) is 0 Å². The largest absolute Gasteiger partial charge is 0.467 e. The van der Waals surface area contributed by atoms with Crippen molar-refractivity contribution in [3.05, 3.63) is 0 Å². The van der Waals surface area contributed by atoms with E-state index in [2.05, 4.69) is 14.8 Å².